The van der Waals surface area contributed by atoms with E-state index in [0.29, 0.717) is 4.47 Å². The van der Waals surface area contributed by atoms with Gasteiger partial charge in [0.2, 0.25) is 0 Å². The molecule has 0 saturated carbocycles. The third-order valence-electron chi connectivity index (χ3n) is 1.67. The summed E-state index contributed by atoms with van der Waals surface area (Å²) in [7, 11) is 0. The Balaban J connectivity index is 2.86. The smallest absolute Gasteiger partial charge is 0.125 e. The molecule has 0 aliphatic rings. The first-order chi connectivity index (χ1) is 6.16. The average molecular weight is 352 g/mol. The minimum Gasteiger partial charge on any atom is -0.254 e. The maximum Gasteiger partial charge on any atom is 0.125 e. The Bertz CT molecular complexity index is 467. The molecule has 0 fully saturated rings. The van der Waals surface area contributed by atoms with Crippen molar-refractivity contribution in [1.82, 2.24) is 4.98 Å². The lowest BCUT2D eigenvalue weighted by Crippen LogP contribution is -1.84. The zero-order valence-electron chi connectivity index (χ0n) is 6.39. The summed E-state index contributed by atoms with van der Waals surface area (Å²) in [4.78, 5) is 4.20. The van der Waals surface area contributed by atoms with Crippen LogP contribution in [0.2, 0.25) is 0 Å². The van der Waals surface area contributed by atoms with Gasteiger partial charge in [-0.05, 0) is 56.7 Å². The third kappa shape index (κ3) is 1.83. The van der Waals surface area contributed by atoms with Crippen LogP contribution in [0.4, 0.5) is 4.39 Å². The van der Waals surface area contributed by atoms with Crippen molar-refractivity contribution in [2.75, 3.05) is 0 Å². The first kappa shape index (κ1) is 9.33. The Hall–Kier alpha value is -0.230. The van der Waals surface area contributed by atoms with Gasteiger partial charge in [0.05, 0.1) is 5.52 Å². The van der Waals surface area contributed by atoms with E-state index in [9.17, 15) is 4.39 Å². The molecule has 0 aliphatic heterocycles. The van der Waals surface area contributed by atoms with Crippen molar-refractivity contribution in [2.24, 2.45) is 0 Å². The number of aromatic nitrogens is 1. The highest BCUT2D eigenvalue weighted by Crippen LogP contribution is 2.24. The quantitative estimate of drug-likeness (QED) is 0.659. The van der Waals surface area contributed by atoms with E-state index in [-0.39, 0.29) is 5.82 Å². The predicted octanol–water partition coefficient (Wildman–Crippen LogP) is 3.74. The van der Waals surface area contributed by atoms with Crippen LogP contribution < -0.4 is 0 Å². The molecule has 66 valence electrons. The molecular weight excluding hydrogens is 348 g/mol. The second-order valence-corrected chi connectivity index (χ2v) is 4.71. The van der Waals surface area contributed by atoms with Gasteiger partial charge in [-0.25, -0.2) is 4.39 Å². The highest BCUT2D eigenvalue weighted by atomic mass is 127. The van der Waals surface area contributed by atoms with Crippen LogP contribution in [0.3, 0.4) is 0 Å². The molecule has 0 spiro atoms. The second kappa shape index (κ2) is 3.49. The number of nitrogens with zero attached hydrogens (tertiary/aromatic N) is 1. The monoisotopic (exact) mass is 351 g/mol. The summed E-state index contributed by atoms with van der Waals surface area (Å²) in [6.45, 7) is 0. The van der Waals surface area contributed by atoms with Crippen molar-refractivity contribution in [2.45, 2.75) is 0 Å². The summed E-state index contributed by atoms with van der Waals surface area (Å²) in [6, 6.07) is 4.80. The summed E-state index contributed by atoms with van der Waals surface area (Å²) in [6.07, 6.45) is 1.76. The van der Waals surface area contributed by atoms with Gasteiger partial charge in [-0.1, -0.05) is 0 Å². The zero-order valence-corrected chi connectivity index (χ0v) is 10.1. The predicted molar refractivity (Wildman–Crippen MR) is 62.1 cm³/mol. The van der Waals surface area contributed by atoms with Crippen LogP contribution in [-0.2, 0) is 0 Å². The van der Waals surface area contributed by atoms with E-state index < -0.39 is 0 Å². The summed E-state index contributed by atoms with van der Waals surface area (Å²) in [5, 5.41) is 0.818. The summed E-state index contributed by atoms with van der Waals surface area (Å²) in [5.41, 5.74) is 0.793. The molecule has 1 nitrogen and oxygen atoms in total. The van der Waals surface area contributed by atoms with Crippen LogP contribution >= 0.6 is 38.5 Å². The number of hydrogen-bond acceptors (Lipinski definition) is 1. The molecule has 1 heterocycles. The summed E-state index contributed by atoms with van der Waals surface area (Å²) in [5.74, 6) is -0.247. The van der Waals surface area contributed by atoms with Gasteiger partial charge in [-0.15, -0.1) is 0 Å². The SMILES string of the molecule is Fc1cc(Br)c2ncc(I)cc2c1. The Morgan fingerprint density at radius 2 is 2.08 bits per heavy atom. The van der Waals surface area contributed by atoms with Crippen molar-refractivity contribution in [3.8, 4) is 0 Å². The Morgan fingerprint density at radius 1 is 1.31 bits per heavy atom. The first-order valence-corrected chi connectivity index (χ1v) is 5.44. The van der Waals surface area contributed by atoms with E-state index >= 15 is 0 Å². The molecular formula is C9H4BrFIN. The van der Waals surface area contributed by atoms with E-state index in [1.165, 1.54) is 12.1 Å². The van der Waals surface area contributed by atoms with E-state index in [4.69, 9.17) is 0 Å². The van der Waals surface area contributed by atoms with E-state index in [0.717, 1.165) is 14.5 Å². The van der Waals surface area contributed by atoms with Crippen LogP contribution in [0.5, 0.6) is 0 Å². The number of benzene rings is 1. The third-order valence-corrected chi connectivity index (χ3v) is 2.86. The van der Waals surface area contributed by atoms with Gasteiger partial charge >= 0.3 is 0 Å². The molecule has 0 atom stereocenters. The number of rotatable bonds is 0. The Labute approximate surface area is 96.6 Å². The largest absolute Gasteiger partial charge is 0.254 e. The van der Waals surface area contributed by atoms with Crippen LogP contribution in [0, 0.1) is 9.39 Å². The van der Waals surface area contributed by atoms with Crippen molar-refractivity contribution < 1.29 is 4.39 Å². The van der Waals surface area contributed by atoms with Gasteiger partial charge < -0.3 is 0 Å². The maximum absolute atomic E-state index is 13.0. The standard InChI is InChI=1S/C9H4BrFIN/c10-8-3-6(11)1-5-2-7(12)4-13-9(5)8/h1-4H. The molecule has 13 heavy (non-hydrogen) atoms. The Morgan fingerprint density at radius 3 is 2.85 bits per heavy atom. The topological polar surface area (TPSA) is 12.9 Å². The summed E-state index contributed by atoms with van der Waals surface area (Å²) < 4.78 is 14.7. The highest BCUT2D eigenvalue weighted by Gasteiger charge is 2.03. The molecule has 1 aromatic carbocycles. The lowest BCUT2D eigenvalue weighted by Gasteiger charge is -2.00. The van der Waals surface area contributed by atoms with Gasteiger partial charge in [-0.2, -0.15) is 0 Å². The molecule has 0 N–H and O–H groups in total. The van der Waals surface area contributed by atoms with E-state index in [1.807, 2.05) is 6.07 Å². The molecule has 2 rings (SSSR count). The first-order valence-electron chi connectivity index (χ1n) is 3.57. The molecule has 2 aromatic rings. The minimum atomic E-state index is -0.247. The van der Waals surface area contributed by atoms with Gasteiger partial charge in [0.1, 0.15) is 5.82 Å². The van der Waals surface area contributed by atoms with Crippen molar-refractivity contribution in [3.63, 3.8) is 0 Å². The second-order valence-electron chi connectivity index (χ2n) is 2.61. The molecule has 0 radical (unpaired) electrons. The van der Waals surface area contributed by atoms with Gasteiger partial charge in [0.25, 0.3) is 0 Å². The lowest BCUT2D eigenvalue weighted by atomic mass is 10.2. The average Bonchev–Trinajstić information content (AvgIpc) is 2.02. The number of fused-ring (bicyclic) bond motifs is 1. The molecule has 0 unspecified atom stereocenters. The van der Waals surface area contributed by atoms with Gasteiger partial charge in [-0.3, -0.25) is 4.98 Å². The van der Waals surface area contributed by atoms with Crippen molar-refractivity contribution in [1.29, 1.82) is 0 Å². The molecule has 0 saturated heterocycles. The fraction of sp³-hybridized carbons (Fsp3) is 0. The van der Waals surface area contributed by atoms with Crippen LogP contribution in [-0.4, -0.2) is 4.98 Å². The normalized spacial score (nSPS) is 10.7. The van der Waals surface area contributed by atoms with E-state index in [1.54, 1.807) is 6.20 Å². The summed E-state index contributed by atoms with van der Waals surface area (Å²) >= 11 is 5.42. The molecule has 1 aromatic heterocycles. The Kier molecular flexibility index (Phi) is 2.51. The highest BCUT2D eigenvalue weighted by molar-refractivity contribution is 14.1. The van der Waals surface area contributed by atoms with E-state index in [2.05, 4.69) is 43.5 Å². The van der Waals surface area contributed by atoms with Crippen molar-refractivity contribution in [3.05, 3.63) is 38.3 Å². The number of halogens is 3. The minimum absolute atomic E-state index is 0.247. The molecule has 0 bridgehead atoms. The maximum atomic E-state index is 13.0. The van der Waals surface area contributed by atoms with Gasteiger partial charge in [0, 0.05) is 19.6 Å². The molecule has 4 heteroatoms. The van der Waals surface area contributed by atoms with Crippen LogP contribution in [0.25, 0.3) is 10.9 Å². The number of hydrogen-bond donors (Lipinski definition) is 0. The lowest BCUT2D eigenvalue weighted by molar-refractivity contribution is 0.629. The fourth-order valence-electron chi connectivity index (χ4n) is 1.14. The van der Waals surface area contributed by atoms with Crippen LogP contribution in [0.1, 0.15) is 0 Å². The molecule has 0 aliphatic carbocycles. The fourth-order valence-corrected chi connectivity index (χ4v) is 2.17. The van der Waals surface area contributed by atoms with Crippen LogP contribution in [0.15, 0.2) is 28.9 Å². The number of pyridine rings is 1. The van der Waals surface area contributed by atoms with Crippen molar-refractivity contribution >= 4 is 49.4 Å². The zero-order chi connectivity index (χ0) is 9.42. The van der Waals surface area contributed by atoms with Gasteiger partial charge in [0.15, 0.2) is 0 Å². The molecule has 0 amide bonds.